The molecule has 0 spiro atoms. The van der Waals surface area contributed by atoms with E-state index in [0.717, 1.165) is 31.2 Å². The lowest BCUT2D eigenvalue weighted by molar-refractivity contribution is 0.0441. The summed E-state index contributed by atoms with van der Waals surface area (Å²) in [7, 11) is 0. The Kier molecular flexibility index (Phi) is 5.35. The summed E-state index contributed by atoms with van der Waals surface area (Å²) >= 11 is 1.83. The van der Waals surface area contributed by atoms with Crippen LogP contribution in [0.3, 0.4) is 0 Å². The van der Waals surface area contributed by atoms with Gasteiger partial charge in [0.1, 0.15) is 5.75 Å². The number of morpholine rings is 1. The summed E-state index contributed by atoms with van der Waals surface area (Å²) in [5.41, 5.74) is 0. The summed E-state index contributed by atoms with van der Waals surface area (Å²) < 4.78 is 11.3. The molecule has 1 unspecified atom stereocenters. The first-order valence-electron chi connectivity index (χ1n) is 6.46. The molecule has 0 saturated carbocycles. The van der Waals surface area contributed by atoms with E-state index < -0.39 is 0 Å². The van der Waals surface area contributed by atoms with Gasteiger partial charge in [0, 0.05) is 23.7 Å². The Bertz CT molecular complexity index is 347. The molecule has 3 nitrogen and oxygen atoms in total. The number of hydrogen-bond acceptors (Lipinski definition) is 4. The molecule has 1 atom stereocenters. The van der Waals surface area contributed by atoms with Crippen LogP contribution < -0.4 is 10.1 Å². The van der Waals surface area contributed by atoms with E-state index in [-0.39, 0.29) is 6.10 Å². The lowest BCUT2D eigenvalue weighted by Crippen LogP contribution is -2.39. The number of hydrogen-bond donors (Lipinski definition) is 1. The number of thioether (sulfide) groups is 1. The van der Waals surface area contributed by atoms with Crippen molar-refractivity contribution in [3.05, 3.63) is 24.3 Å². The van der Waals surface area contributed by atoms with Gasteiger partial charge in [-0.25, -0.2) is 0 Å². The first-order valence-corrected chi connectivity index (χ1v) is 7.44. The van der Waals surface area contributed by atoms with Crippen molar-refractivity contribution in [1.82, 2.24) is 5.32 Å². The van der Waals surface area contributed by atoms with Gasteiger partial charge in [-0.1, -0.05) is 0 Å². The van der Waals surface area contributed by atoms with Crippen molar-refractivity contribution in [3.63, 3.8) is 0 Å². The van der Waals surface area contributed by atoms with Gasteiger partial charge >= 0.3 is 0 Å². The Balaban J connectivity index is 1.78. The summed E-state index contributed by atoms with van der Waals surface area (Å²) in [4.78, 5) is 1.26. The molecule has 4 heteroatoms. The zero-order valence-corrected chi connectivity index (χ0v) is 11.8. The van der Waals surface area contributed by atoms with E-state index in [9.17, 15) is 0 Å². The van der Waals surface area contributed by atoms with Gasteiger partial charge in [-0.15, -0.1) is 11.8 Å². The molecule has 1 aliphatic heterocycles. The van der Waals surface area contributed by atoms with Crippen molar-refractivity contribution in [2.24, 2.45) is 0 Å². The predicted octanol–water partition coefficient (Wildman–Crippen LogP) is 2.55. The predicted molar refractivity (Wildman–Crippen MR) is 75.5 cm³/mol. The highest BCUT2D eigenvalue weighted by Crippen LogP contribution is 2.23. The van der Waals surface area contributed by atoms with Crippen LogP contribution in [0.25, 0.3) is 0 Å². The summed E-state index contributed by atoms with van der Waals surface area (Å²) in [5, 5.41) is 3.34. The molecule has 0 aromatic heterocycles. The molecule has 1 heterocycles. The maximum atomic E-state index is 5.67. The van der Waals surface area contributed by atoms with Crippen LogP contribution in [0.1, 0.15) is 13.8 Å². The number of ether oxygens (including phenoxy) is 2. The van der Waals surface area contributed by atoms with Crippen LogP contribution in [-0.2, 0) is 4.74 Å². The van der Waals surface area contributed by atoms with Gasteiger partial charge in [0.2, 0.25) is 0 Å². The van der Waals surface area contributed by atoms with E-state index in [0.29, 0.717) is 6.10 Å². The van der Waals surface area contributed by atoms with E-state index in [1.165, 1.54) is 4.90 Å². The van der Waals surface area contributed by atoms with E-state index in [2.05, 4.69) is 17.4 Å². The second-order valence-electron chi connectivity index (χ2n) is 4.65. The minimum absolute atomic E-state index is 0.227. The molecule has 0 radical (unpaired) electrons. The van der Waals surface area contributed by atoms with Crippen molar-refractivity contribution in [2.45, 2.75) is 31.0 Å². The highest BCUT2D eigenvalue weighted by atomic mass is 32.2. The van der Waals surface area contributed by atoms with Crippen LogP contribution in [0, 0.1) is 0 Å². The van der Waals surface area contributed by atoms with Gasteiger partial charge in [0.15, 0.2) is 0 Å². The Labute approximate surface area is 113 Å². The van der Waals surface area contributed by atoms with Crippen LogP contribution in [0.15, 0.2) is 29.2 Å². The zero-order chi connectivity index (χ0) is 12.8. The molecule has 0 amide bonds. The molecular formula is C14H21NO2S. The molecule has 1 aromatic carbocycles. The number of rotatable bonds is 5. The van der Waals surface area contributed by atoms with E-state index >= 15 is 0 Å². The van der Waals surface area contributed by atoms with Gasteiger partial charge in [-0.05, 0) is 38.1 Å². The zero-order valence-electron chi connectivity index (χ0n) is 11.0. The van der Waals surface area contributed by atoms with Gasteiger partial charge < -0.3 is 14.8 Å². The molecule has 1 fully saturated rings. The van der Waals surface area contributed by atoms with Crippen LogP contribution in [0.2, 0.25) is 0 Å². The minimum atomic E-state index is 0.227. The lowest BCUT2D eigenvalue weighted by Gasteiger charge is -2.23. The first-order chi connectivity index (χ1) is 8.74. The number of benzene rings is 1. The summed E-state index contributed by atoms with van der Waals surface area (Å²) in [6, 6.07) is 8.28. The fourth-order valence-electron chi connectivity index (χ4n) is 1.80. The van der Waals surface area contributed by atoms with Gasteiger partial charge in [-0.3, -0.25) is 0 Å². The van der Waals surface area contributed by atoms with Crippen molar-refractivity contribution in [3.8, 4) is 5.75 Å². The Morgan fingerprint density at radius 2 is 2.17 bits per heavy atom. The third kappa shape index (κ3) is 4.52. The van der Waals surface area contributed by atoms with Crippen molar-refractivity contribution < 1.29 is 9.47 Å². The molecule has 18 heavy (non-hydrogen) atoms. The second-order valence-corrected chi connectivity index (χ2v) is 5.74. The smallest absolute Gasteiger partial charge is 0.119 e. The third-order valence-corrected chi connectivity index (χ3v) is 3.78. The number of nitrogens with one attached hydrogen (secondary N) is 1. The standard InChI is InChI=1S/C14H21NO2S/c1-11(2)17-12-3-5-14(6-4-12)18-10-13-9-15-7-8-16-13/h3-6,11,13,15H,7-10H2,1-2H3. The average Bonchev–Trinajstić information content (AvgIpc) is 2.38. The van der Waals surface area contributed by atoms with Crippen LogP contribution in [0.4, 0.5) is 0 Å². The van der Waals surface area contributed by atoms with Crippen molar-refractivity contribution in [1.29, 1.82) is 0 Å². The van der Waals surface area contributed by atoms with Gasteiger partial charge in [-0.2, -0.15) is 0 Å². The molecule has 2 rings (SSSR count). The van der Waals surface area contributed by atoms with Crippen LogP contribution in [-0.4, -0.2) is 37.7 Å². The topological polar surface area (TPSA) is 30.5 Å². The second kappa shape index (κ2) is 7.02. The fourth-order valence-corrected chi connectivity index (χ4v) is 2.72. The Hall–Kier alpha value is -0.710. The summed E-state index contributed by atoms with van der Waals surface area (Å²) in [6.07, 6.45) is 0.556. The summed E-state index contributed by atoms with van der Waals surface area (Å²) in [5.74, 6) is 1.93. The van der Waals surface area contributed by atoms with Crippen LogP contribution >= 0.6 is 11.8 Å². The largest absolute Gasteiger partial charge is 0.491 e. The quantitative estimate of drug-likeness (QED) is 0.831. The van der Waals surface area contributed by atoms with Crippen LogP contribution in [0.5, 0.6) is 5.75 Å². The van der Waals surface area contributed by atoms with E-state index in [1.807, 2.05) is 37.7 Å². The minimum Gasteiger partial charge on any atom is -0.491 e. The highest BCUT2D eigenvalue weighted by Gasteiger charge is 2.13. The normalized spacial score (nSPS) is 20.1. The van der Waals surface area contributed by atoms with Crippen molar-refractivity contribution in [2.75, 3.05) is 25.4 Å². The SMILES string of the molecule is CC(C)Oc1ccc(SCC2CNCCO2)cc1. The average molecular weight is 267 g/mol. The monoisotopic (exact) mass is 267 g/mol. The fraction of sp³-hybridized carbons (Fsp3) is 0.571. The third-order valence-electron chi connectivity index (χ3n) is 2.64. The van der Waals surface area contributed by atoms with E-state index in [4.69, 9.17) is 9.47 Å². The molecular weight excluding hydrogens is 246 g/mol. The maximum absolute atomic E-state index is 5.67. The molecule has 1 saturated heterocycles. The Morgan fingerprint density at radius 1 is 1.39 bits per heavy atom. The van der Waals surface area contributed by atoms with E-state index in [1.54, 1.807) is 0 Å². The lowest BCUT2D eigenvalue weighted by atomic mass is 10.3. The molecule has 0 aliphatic carbocycles. The maximum Gasteiger partial charge on any atom is 0.119 e. The summed E-state index contributed by atoms with van der Waals surface area (Å²) in [6.45, 7) is 6.84. The molecule has 0 bridgehead atoms. The first kappa shape index (κ1) is 13.7. The molecule has 1 N–H and O–H groups in total. The van der Waals surface area contributed by atoms with Gasteiger partial charge in [0.25, 0.3) is 0 Å². The molecule has 1 aromatic rings. The van der Waals surface area contributed by atoms with Crippen molar-refractivity contribution >= 4 is 11.8 Å². The molecule has 1 aliphatic rings. The Morgan fingerprint density at radius 3 is 2.78 bits per heavy atom. The van der Waals surface area contributed by atoms with Gasteiger partial charge in [0.05, 0.1) is 18.8 Å². The highest BCUT2D eigenvalue weighted by molar-refractivity contribution is 7.99. The molecule has 100 valence electrons.